The molecule has 1 heterocycles. The molecule has 2 aromatic rings. The maximum absolute atomic E-state index is 13.1. The van der Waals surface area contributed by atoms with E-state index in [9.17, 15) is 13.2 Å². The molecule has 8 heteroatoms. The standard InChI is InChI=1S/C17H22N2O4S2/c1-4-13(2)18-16(20)12-19(14-8-5-6-9-15(14)23-3)25(21,22)17-10-7-11-24-17/h5-11,13H,4,12H2,1-3H3,(H,18,20)/t13-/m0/s1. The van der Waals surface area contributed by atoms with Crippen molar-refractivity contribution in [1.29, 1.82) is 0 Å². The van der Waals surface area contributed by atoms with Gasteiger partial charge >= 0.3 is 0 Å². The molecule has 0 unspecified atom stereocenters. The van der Waals surface area contributed by atoms with Crippen molar-refractivity contribution >= 4 is 33.0 Å². The molecule has 0 spiro atoms. The lowest BCUT2D eigenvalue weighted by molar-refractivity contribution is -0.120. The minimum atomic E-state index is -3.87. The molecule has 2 rings (SSSR count). The highest BCUT2D eigenvalue weighted by atomic mass is 32.2. The SMILES string of the molecule is CC[C@H](C)NC(=O)CN(c1ccccc1OC)S(=O)(=O)c1cccs1. The molecule has 0 aliphatic rings. The number of ether oxygens (including phenoxy) is 1. The third kappa shape index (κ3) is 4.52. The maximum Gasteiger partial charge on any atom is 0.274 e. The van der Waals surface area contributed by atoms with E-state index in [0.717, 1.165) is 22.1 Å². The predicted octanol–water partition coefficient (Wildman–Crippen LogP) is 2.87. The summed E-state index contributed by atoms with van der Waals surface area (Å²) in [5.74, 6) is 0.0272. The number of hydrogen-bond donors (Lipinski definition) is 1. The third-order valence-corrected chi connectivity index (χ3v) is 6.83. The van der Waals surface area contributed by atoms with E-state index in [0.29, 0.717) is 11.4 Å². The smallest absolute Gasteiger partial charge is 0.274 e. The number of para-hydroxylation sites is 2. The summed E-state index contributed by atoms with van der Waals surface area (Å²) in [4.78, 5) is 12.4. The van der Waals surface area contributed by atoms with Gasteiger partial charge in [-0.3, -0.25) is 9.10 Å². The Hall–Kier alpha value is -2.06. The Kier molecular flexibility index (Phi) is 6.44. The molecule has 0 saturated heterocycles. The Bertz CT molecular complexity index is 804. The number of carbonyl (C=O) groups is 1. The van der Waals surface area contributed by atoms with Crippen molar-refractivity contribution in [2.24, 2.45) is 0 Å². The third-order valence-electron chi connectivity index (χ3n) is 3.70. The van der Waals surface area contributed by atoms with E-state index in [1.807, 2.05) is 13.8 Å². The highest BCUT2D eigenvalue weighted by Gasteiger charge is 2.30. The molecule has 0 fully saturated rings. The molecule has 6 nitrogen and oxygen atoms in total. The second-order valence-electron chi connectivity index (χ2n) is 5.49. The predicted molar refractivity (Wildman–Crippen MR) is 99.7 cm³/mol. The van der Waals surface area contributed by atoms with Crippen LogP contribution in [0.3, 0.4) is 0 Å². The monoisotopic (exact) mass is 382 g/mol. The Labute approximate surface area is 152 Å². The van der Waals surface area contributed by atoms with Crippen molar-refractivity contribution in [1.82, 2.24) is 5.32 Å². The quantitative estimate of drug-likeness (QED) is 0.762. The second-order valence-corrected chi connectivity index (χ2v) is 8.53. The number of sulfonamides is 1. The molecular formula is C17H22N2O4S2. The number of nitrogens with zero attached hydrogens (tertiary/aromatic N) is 1. The molecule has 0 saturated carbocycles. The highest BCUT2D eigenvalue weighted by Crippen LogP contribution is 2.33. The Morgan fingerprint density at radius 3 is 2.60 bits per heavy atom. The van der Waals surface area contributed by atoms with Gasteiger partial charge in [0.15, 0.2) is 0 Å². The molecule has 1 atom stereocenters. The summed E-state index contributed by atoms with van der Waals surface area (Å²) in [6.07, 6.45) is 0.762. The molecule has 0 radical (unpaired) electrons. The molecule has 0 aliphatic heterocycles. The Balaban J connectivity index is 2.44. The first-order chi connectivity index (χ1) is 11.9. The zero-order chi connectivity index (χ0) is 18.4. The second kappa shape index (κ2) is 8.35. The largest absolute Gasteiger partial charge is 0.495 e. The zero-order valence-corrected chi connectivity index (χ0v) is 16.1. The van der Waals surface area contributed by atoms with Gasteiger partial charge < -0.3 is 10.1 Å². The first kappa shape index (κ1) is 19.3. The fourth-order valence-electron chi connectivity index (χ4n) is 2.21. The van der Waals surface area contributed by atoms with Gasteiger partial charge in [-0.15, -0.1) is 11.3 Å². The highest BCUT2D eigenvalue weighted by molar-refractivity contribution is 7.94. The number of anilines is 1. The van der Waals surface area contributed by atoms with Crippen LogP contribution < -0.4 is 14.4 Å². The lowest BCUT2D eigenvalue weighted by Gasteiger charge is -2.25. The molecule has 0 bridgehead atoms. The van der Waals surface area contributed by atoms with Crippen LogP contribution in [0, 0.1) is 0 Å². The first-order valence-corrected chi connectivity index (χ1v) is 10.2. The molecule has 1 aromatic carbocycles. The lowest BCUT2D eigenvalue weighted by Crippen LogP contribution is -2.43. The van der Waals surface area contributed by atoms with Gasteiger partial charge in [0, 0.05) is 6.04 Å². The van der Waals surface area contributed by atoms with E-state index in [1.54, 1.807) is 35.7 Å². The van der Waals surface area contributed by atoms with Crippen molar-refractivity contribution in [2.45, 2.75) is 30.5 Å². The fourth-order valence-corrected chi connectivity index (χ4v) is 4.74. The summed E-state index contributed by atoms with van der Waals surface area (Å²) in [5, 5.41) is 4.49. The van der Waals surface area contributed by atoms with Gasteiger partial charge in [0.2, 0.25) is 5.91 Å². The Morgan fingerprint density at radius 1 is 1.28 bits per heavy atom. The van der Waals surface area contributed by atoms with Crippen molar-refractivity contribution in [2.75, 3.05) is 18.0 Å². The van der Waals surface area contributed by atoms with Crippen molar-refractivity contribution in [3.63, 3.8) is 0 Å². The van der Waals surface area contributed by atoms with Crippen LogP contribution in [0.2, 0.25) is 0 Å². The van der Waals surface area contributed by atoms with Crippen LogP contribution >= 0.6 is 11.3 Å². The summed E-state index contributed by atoms with van der Waals surface area (Å²) < 4.78 is 32.7. The molecular weight excluding hydrogens is 360 g/mol. The van der Waals surface area contributed by atoms with Crippen LogP contribution in [0.4, 0.5) is 5.69 Å². The lowest BCUT2D eigenvalue weighted by atomic mass is 10.2. The number of thiophene rings is 1. The van der Waals surface area contributed by atoms with Crippen LogP contribution in [0.25, 0.3) is 0 Å². The first-order valence-electron chi connectivity index (χ1n) is 7.88. The molecule has 25 heavy (non-hydrogen) atoms. The molecule has 136 valence electrons. The van der Waals surface area contributed by atoms with Crippen molar-refractivity contribution in [3.8, 4) is 5.75 Å². The average Bonchev–Trinajstić information content (AvgIpc) is 3.15. The van der Waals surface area contributed by atoms with Gasteiger partial charge in [-0.25, -0.2) is 8.42 Å². The van der Waals surface area contributed by atoms with Gasteiger partial charge in [0.1, 0.15) is 16.5 Å². The van der Waals surface area contributed by atoms with E-state index in [2.05, 4.69) is 5.32 Å². The number of nitrogens with one attached hydrogen (secondary N) is 1. The normalized spacial score (nSPS) is 12.4. The van der Waals surface area contributed by atoms with Crippen LogP contribution in [0.15, 0.2) is 46.0 Å². The number of rotatable bonds is 8. The minimum Gasteiger partial charge on any atom is -0.495 e. The Morgan fingerprint density at radius 2 is 2.00 bits per heavy atom. The van der Waals surface area contributed by atoms with E-state index < -0.39 is 10.0 Å². The zero-order valence-electron chi connectivity index (χ0n) is 14.4. The van der Waals surface area contributed by atoms with E-state index in [-0.39, 0.29) is 22.7 Å². The average molecular weight is 383 g/mol. The summed E-state index contributed by atoms with van der Waals surface area (Å²) in [6.45, 7) is 3.51. The van der Waals surface area contributed by atoms with Crippen molar-refractivity contribution in [3.05, 3.63) is 41.8 Å². The van der Waals surface area contributed by atoms with Gasteiger partial charge in [-0.2, -0.15) is 0 Å². The fraction of sp³-hybridized carbons (Fsp3) is 0.353. The summed E-state index contributed by atoms with van der Waals surface area (Å²) in [6, 6.07) is 9.90. The van der Waals surface area contributed by atoms with Gasteiger partial charge in [-0.1, -0.05) is 25.1 Å². The number of carbonyl (C=O) groups excluding carboxylic acids is 1. The van der Waals surface area contributed by atoms with Gasteiger partial charge in [0.25, 0.3) is 10.0 Å². The molecule has 1 aromatic heterocycles. The number of hydrogen-bond acceptors (Lipinski definition) is 5. The van der Waals surface area contributed by atoms with Crippen LogP contribution in [-0.4, -0.2) is 34.0 Å². The van der Waals surface area contributed by atoms with Crippen molar-refractivity contribution < 1.29 is 17.9 Å². The number of benzene rings is 1. The molecule has 0 aliphatic carbocycles. The summed E-state index contributed by atoms with van der Waals surface area (Å²) in [7, 11) is -2.40. The van der Waals surface area contributed by atoms with Gasteiger partial charge in [-0.05, 0) is 36.9 Å². The van der Waals surface area contributed by atoms with Crippen LogP contribution in [0.1, 0.15) is 20.3 Å². The minimum absolute atomic E-state index is 0.0311. The summed E-state index contributed by atoms with van der Waals surface area (Å²) >= 11 is 1.11. The summed E-state index contributed by atoms with van der Waals surface area (Å²) in [5.41, 5.74) is 0.331. The van der Waals surface area contributed by atoms with E-state index in [1.165, 1.54) is 13.2 Å². The molecule has 1 N–H and O–H groups in total. The van der Waals surface area contributed by atoms with Crippen LogP contribution in [-0.2, 0) is 14.8 Å². The van der Waals surface area contributed by atoms with Gasteiger partial charge in [0.05, 0.1) is 12.8 Å². The molecule has 1 amide bonds. The topological polar surface area (TPSA) is 75.7 Å². The maximum atomic E-state index is 13.1. The number of methoxy groups -OCH3 is 1. The van der Waals surface area contributed by atoms with E-state index >= 15 is 0 Å². The van der Waals surface area contributed by atoms with Crippen LogP contribution in [0.5, 0.6) is 5.75 Å². The number of amides is 1. The van der Waals surface area contributed by atoms with E-state index in [4.69, 9.17) is 4.74 Å².